The zero-order valence-corrected chi connectivity index (χ0v) is 13.3. The second kappa shape index (κ2) is 8.24. The molecule has 0 radical (unpaired) electrons. The largest absolute Gasteiger partial charge is 0.496 e. The summed E-state index contributed by atoms with van der Waals surface area (Å²) in [5.74, 6) is 0.202. The molecule has 1 heterocycles. The summed E-state index contributed by atoms with van der Waals surface area (Å²) in [4.78, 5) is 23.4. The van der Waals surface area contributed by atoms with E-state index < -0.39 is 11.9 Å². The van der Waals surface area contributed by atoms with Crippen LogP contribution in [-0.2, 0) is 27.3 Å². The lowest BCUT2D eigenvalue weighted by Gasteiger charge is -2.09. The van der Waals surface area contributed by atoms with Crippen LogP contribution in [0, 0.1) is 0 Å². The molecule has 23 heavy (non-hydrogen) atoms. The predicted molar refractivity (Wildman–Crippen MR) is 83.2 cm³/mol. The number of ether oxygens (including phenoxy) is 2. The van der Waals surface area contributed by atoms with Crippen molar-refractivity contribution in [2.24, 2.45) is 0 Å². The lowest BCUT2D eigenvalue weighted by atomic mass is 10.1. The highest BCUT2D eigenvalue weighted by atomic mass is 35.5. The number of benzene rings is 1. The molecule has 1 amide bonds. The van der Waals surface area contributed by atoms with E-state index in [2.05, 4.69) is 5.32 Å². The van der Waals surface area contributed by atoms with Crippen LogP contribution >= 0.6 is 11.6 Å². The Balaban J connectivity index is 1.78. The van der Waals surface area contributed by atoms with Crippen LogP contribution in [0.4, 0.5) is 0 Å². The zero-order chi connectivity index (χ0) is 16.7. The molecule has 0 atom stereocenters. The summed E-state index contributed by atoms with van der Waals surface area (Å²) < 4.78 is 15.2. The Morgan fingerprint density at radius 1 is 1.30 bits per heavy atom. The summed E-state index contributed by atoms with van der Waals surface area (Å²) in [6.45, 7) is -0.117. The molecule has 7 heteroatoms. The number of carbonyl (C=O) groups excluding carboxylic acids is 2. The quantitative estimate of drug-likeness (QED) is 0.785. The number of amides is 1. The van der Waals surface area contributed by atoms with E-state index >= 15 is 0 Å². The normalized spacial score (nSPS) is 10.2. The number of hydrogen-bond donors (Lipinski definition) is 1. The highest BCUT2D eigenvalue weighted by Crippen LogP contribution is 2.23. The first-order valence-electron chi connectivity index (χ1n) is 6.85. The first-order chi connectivity index (χ1) is 11.1. The fraction of sp³-hybridized carbons (Fsp3) is 0.250. The van der Waals surface area contributed by atoms with E-state index in [0.717, 1.165) is 0 Å². The standard InChI is InChI=1S/C16H16ClNO5/c1-21-14-5-4-12(17)7-11(14)8-16(20)23-10-15(19)18-9-13-3-2-6-22-13/h2-7H,8-10H2,1H3,(H,18,19). The molecular formula is C16H16ClNO5. The average Bonchev–Trinajstić information content (AvgIpc) is 3.04. The second-order valence-electron chi connectivity index (χ2n) is 4.65. The van der Waals surface area contributed by atoms with Gasteiger partial charge in [0.1, 0.15) is 11.5 Å². The molecule has 0 fully saturated rings. The van der Waals surface area contributed by atoms with Crippen LogP contribution < -0.4 is 10.1 Å². The Labute approximate surface area is 138 Å². The van der Waals surface area contributed by atoms with Gasteiger partial charge in [-0.15, -0.1) is 0 Å². The molecule has 2 aromatic rings. The number of furan rings is 1. The molecule has 0 aliphatic rings. The van der Waals surface area contributed by atoms with E-state index in [4.69, 9.17) is 25.5 Å². The van der Waals surface area contributed by atoms with Gasteiger partial charge >= 0.3 is 5.97 Å². The Bertz CT molecular complexity index is 669. The van der Waals surface area contributed by atoms with Crippen LogP contribution in [-0.4, -0.2) is 25.6 Å². The van der Waals surface area contributed by atoms with E-state index in [1.165, 1.54) is 13.4 Å². The molecule has 0 bridgehead atoms. The van der Waals surface area contributed by atoms with Gasteiger partial charge in [-0.3, -0.25) is 9.59 Å². The van der Waals surface area contributed by atoms with Crippen molar-refractivity contribution in [2.75, 3.05) is 13.7 Å². The summed E-state index contributed by atoms with van der Waals surface area (Å²) in [6.07, 6.45) is 1.48. The lowest BCUT2D eigenvalue weighted by Crippen LogP contribution is -2.28. The predicted octanol–water partition coefficient (Wildman–Crippen LogP) is 2.34. The van der Waals surface area contributed by atoms with Crippen LogP contribution in [0.2, 0.25) is 5.02 Å². The van der Waals surface area contributed by atoms with Gasteiger partial charge in [0.15, 0.2) is 6.61 Å². The van der Waals surface area contributed by atoms with Gasteiger partial charge in [0.25, 0.3) is 5.91 Å². The smallest absolute Gasteiger partial charge is 0.310 e. The van der Waals surface area contributed by atoms with Crippen LogP contribution in [0.3, 0.4) is 0 Å². The molecule has 0 unspecified atom stereocenters. The maximum absolute atomic E-state index is 11.8. The summed E-state index contributed by atoms with van der Waals surface area (Å²) in [6, 6.07) is 8.41. The van der Waals surface area contributed by atoms with Gasteiger partial charge in [0.05, 0.1) is 26.3 Å². The minimum absolute atomic E-state index is 0.0325. The van der Waals surface area contributed by atoms with Gasteiger partial charge in [0, 0.05) is 10.6 Å². The van der Waals surface area contributed by atoms with E-state index in [9.17, 15) is 9.59 Å². The van der Waals surface area contributed by atoms with Crippen molar-refractivity contribution < 1.29 is 23.5 Å². The fourth-order valence-corrected chi connectivity index (χ4v) is 2.08. The summed E-state index contributed by atoms with van der Waals surface area (Å²) in [5.41, 5.74) is 0.598. The van der Waals surface area contributed by atoms with Crippen molar-refractivity contribution in [3.8, 4) is 5.75 Å². The lowest BCUT2D eigenvalue weighted by molar-refractivity contribution is -0.147. The third kappa shape index (κ3) is 5.34. The monoisotopic (exact) mass is 337 g/mol. The minimum Gasteiger partial charge on any atom is -0.496 e. The maximum atomic E-state index is 11.8. The van der Waals surface area contributed by atoms with Gasteiger partial charge in [-0.1, -0.05) is 11.6 Å². The van der Waals surface area contributed by atoms with Crippen molar-refractivity contribution in [3.63, 3.8) is 0 Å². The van der Waals surface area contributed by atoms with Gasteiger partial charge in [-0.05, 0) is 30.3 Å². The molecule has 0 aliphatic carbocycles. The molecule has 6 nitrogen and oxygen atoms in total. The third-order valence-electron chi connectivity index (χ3n) is 2.98. The second-order valence-corrected chi connectivity index (χ2v) is 5.09. The molecule has 0 aliphatic heterocycles. The summed E-state index contributed by atoms with van der Waals surface area (Å²) in [7, 11) is 1.50. The molecule has 0 spiro atoms. The third-order valence-corrected chi connectivity index (χ3v) is 3.22. The van der Waals surface area contributed by atoms with Crippen LogP contribution in [0.1, 0.15) is 11.3 Å². The number of nitrogens with one attached hydrogen (secondary N) is 1. The van der Waals surface area contributed by atoms with Crippen LogP contribution in [0.25, 0.3) is 0 Å². The van der Waals surface area contributed by atoms with E-state index in [0.29, 0.717) is 22.1 Å². The van der Waals surface area contributed by atoms with Crippen molar-refractivity contribution in [3.05, 3.63) is 52.9 Å². The Hall–Kier alpha value is -2.47. The Morgan fingerprint density at radius 3 is 2.83 bits per heavy atom. The van der Waals surface area contributed by atoms with Crippen molar-refractivity contribution >= 4 is 23.5 Å². The SMILES string of the molecule is COc1ccc(Cl)cc1CC(=O)OCC(=O)NCc1ccco1. The van der Waals surface area contributed by atoms with Crippen molar-refractivity contribution in [1.29, 1.82) is 0 Å². The molecule has 1 N–H and O–H groups in total. The summed E-state index contributed by atoms with van der Waals surface area (Å²) in [5, 5.41) is 3.07. The van der Waals surface area contributed by atoms with Gasteiger partial charge in [0.2, 0.25) is 0 Å². The highest BCUT2D eigenvalue weighted by Gasteiger charge is 2.12. The van der Waals surface area contributed by atoms with E-state index in [1.807, 2.05) is 0 Å². The summed E-state index contributed by atoms with van der Waals surface area (Å²) >= 11 is 5.89. The molecule has 1 aromatic heterocycles. The molecule has 1 aromatic carbocycles. The molecule has 2 rings (SSSR count). The fourth-order valence-electron chi connectivity index (χ4n) is 1.89. The van der Waals surface area contributed by atoms with Crippen molar-refractivity contribution in [2.45, 2.75) is 13.0 Å². The number of methoxy groups -OCH3 is 1. The van der Waals surface area contributed by atoms with Gasteiger partial charge in [-0.2, -0.15) is 0 Å². The van der Waals surface area contributed by atoms with Gasteiger partial charge in [-0.25, -0.2) is 0 Å². The molecular weight excluding hydrogens is 322 g/mol. The van der Waals surface area contributed by atoms with Gasteiger partial charge < -0.3 is 19.2 Å². The van der Waals surface area contributed by atoms with Crippen LogP contribution in [0.5, 0.6) is 5.75 Å². The number of carbonyl (C=O) groups is 2. The number of rotatable bonds is 7. The Morgan fingerprint density at radius 2 is 2.13 bits per heavy atom. The number of halogens is 1. The molecule has 0 saturated heterocycles. The molecule has 122 valence electrons. The average molecular weight is 338 g/mol. The zero-order valence-electron chi connectivity index (χ0n) is 12.5. The minimum atomic E-state index is -0.543. The topological polar surface area (TPSA) is 77.8 Å². The number of hydrogen-bond acceptors (Lipinski definition) is 5. The van der Waals surface area contributed by atoms with E-state index in [1.54, 1.807) is 30.3 Å². The first-order valence-corrected chi connectivity index (χ1v) is 7.23. The van der Waals surface area contributed by atoms with E-state index in [-0.39, 0.29) is 19.6 Å². The number of esters is 1. The first kappa shape index (κ1) is 16.9. The Kier molecular flexibility index (Phi) is 6.05. The van der Waals surface area contributed by atoms with Crippen LogP contribution in [0.15, 0.2) is 41.0 Å². The van der Waals surface area contributed by atoms with Crippen molar-refractivity contribution in [1.82, 2.24) is 5.32 Å². The highest BCUT2D eigenvalue weighted by molar-refractivity contribution is 6.30. The maximum Gasteiger partial charge on any atom is 0.310 e. The molecule has 0 saturated carbocycles.